The van der Waals surface area contributed by atoms with Crippen LogP contribution in [0.5, 0.6) is 0 Å². The number of halogens is 2. The Bertz CT molecular complexity index is 306. The van der Waals surface area contributed by atoms with Crippen molar-refractivity contribution in [3.05, 3.63) is 35.6 Å². The fourth-order valence-corrected chi connectivity index (χ4v) is 0.860. The molecule has 0 amide bonds. The Morgan fingerprint density at radius 3 is 2.46 bits per heavy atom. The maximum atomic E-state index is 12.9. The minimum atomic E-state index is -1.29. The Hall–Kier alpha value is -1.13. The highest BCUT2D eigenvalue weighted by molar-refractivity contribution is 5.85. The molecule has 0 aromatic heterocycles. The lowest BCUT2D eigenvalue weighted by Gasteiger charge is -2.06. The van der Waals surface area contributed by atoms with E-state index in [-0.39, 0.29) is 18.0 Å². The third-order valence-electron chi connectivity index (χ3n) is 1.51. The molecular weight excluding hydrogens is 197 g/mol. The quantitative estimate of drug-likeness (QED) is 0.766. The van der Waals surface area contributed by atoms with Crippen molar-refractivity contribution in [3.63, 3.8) is 0 Å². The predicted octanol–water partition coefficient (Wildman–Crippen LogP) is 1.33. The van der Waals surface area contributed by atoms with Crippen LogP contribution >= 0.6 is 12.4 Å². The van der Waals surface area contributed by atoms with Gasteiger partial charge in [0.05, 0.1) is 0 Å². The van der Waals surface area contributed by atoms with Crippen molar-refractivity contribution in [2.24, 2.45) is 5.73 Å². The highest BCUT2D eigenvalue weighted by atomic mass is 35.5. The van der Waals surface area contributed by atoms with E-state index in [0.29, 0.717) is 0 Å². The number of carboxylic acid groups (broad SMARTS) is 1. The molecule has 1 aromatic rings. The van der Waals surface area contributed by atoms with E-state index >= 15 is 0 Å². The molecule has 1 atom stereocenters. The lowest BCUT2D eigenvalue weighted by molar-refractivity contribution is -0.138. The number of aliphatic carboxylic acids is 1. The SMILES string of the molecule is Cl.N[C@H](C(=O)O)c1ccccc1F. The van der Waals surface area contributed by atoms with Gasteiger partial charge in [0.2, 0.25) is 0 Å². The molecule has 0 unspecified atom stereocenters. The van der Waals surface area contributed by atoms with E-state index in [1.54, 1.807) is 6.07 Å². The van der Waals surface area contributed by atoms with E-state index in [0.717, 1.165) is 0 Å². The highest BCUT2D eigenvalue weighted by Gasteiger charge is 2.17. The van der Waals surface area contributed by atoms with Gasteiger partial charge >= 0.3 is 5.97 Å². The van der Waals surface area contributed by atoms with Crippen LogP contribution in [0.15, 0.2) is 24.3 Å². The van der Waals surface area contributed by atoms with Crippen LogP contribution in [-0.4, -0.2) is 11.1 Å². The average molecular weight is 206 g/mol. The smallest absolute Gasteiger partial charge is 0.325 e. The van der Waals surface area contributed by atoms with Crippen LogP contribution in [0.3, 0.4) is 0 Å². The van der Waals surface area contributed by atoms with Crippen molar-refractivity contribution in [2.45, 2.75) is 6.04 Å². The summed E-state index contributed by atoms with van der Waals surface area (Å²) in [5, 5.41) is 8.47. The summed E-state index contributed by atoms with van der Waals surface area (Å²) >= 11 is 0. The second-order valence-corrected chi connectivity index (χ2v) is 2.34. The Morgan fingerprint density at radius 2 is 2.00 bits per heavy atom. The summed E-state index contributed by atoms with van der Waals surface area (Å²) in [6, 6.07) is 4.27. The average Bonchev–Trinajstić information content (AvgIpc) is 2.04. The molecule has 1 aromatic carbocycles. The molecule has 3 N–H and O–H groups in total. The lowest BCUT2D eigenvalue weighted by Crippen LogP contribution is -2.21. The number of rotatable bonds is 2. The molecule has 13 heavy (non-hydrogen) atoms. The number of carboxylic acids is 1. The molecular formula is C8H9ClFNO2. The summed E-state index contributed by atoms with van der Waals surface area (Å²) in [6.07, 6.45) is 0. The van der Waals surface area contributed by atoms with Crippen molar-refractivity contribution in [3.8, 4) is 0 Å². The summed E-state index contributed by atoms with van der Waals surface area (Å²) in [7, 11) is 0. The van der Waals surface area contributed by atoms with Crippen LogP contribution in [-0.2, 0) is 4.79 Å². The van der Waals surface area contributed by atoms with E-state index in [9.17, 15) is 9.18 Å². The van der Waals surface area contributed by atoms with Gasteiger partial charge in [-0.3, -0.25) is 4.79 Å². The first-order chi connectivity index (χ1) is 5.63. The Labute approximate surface area is 80.8 Å². The summed E-state index contributed by atoms with van der Waals surface area (Å²) < 4.78 is 12.9. The molecule has 0 saturated heterocycles. The molecule has 72 valence electrons. The molecule has 1 rings (SSSR count). The number of nitrogens with two attached hydrogens (primary N) is 1. The first-order valence-corrected chi connectivity index (χ1v) is 3.35. The van der Waals surface area contributed by atoms with Crippen LogP contribution in [0.25, 0.3) is 0 Å². The fraction of sp³-hybridized carbons (Fsp3) is 0.125. The summed E-state index contributed by atoms with van der Waals surface area (Å²) in [4.78, 5) is 10.4. The van der Waals surface area contributed by atoms with Crippen molar-refractivity contribution in [1.82, 2.24) is 0 Å². The number of hydrogen-bond donors (Lipinski definition) is 2. The molecule has 0 spiro atoms. The first-order valence-electron chi connectivity index (χ1n) is 3.35. The minimum absolute atomic E-state index is 0. The minimum Gasteiger partial charge on any atom is -0.480 e. The van der Waals surface area contributed by atoms with Crippen molar-refractivity contribution in [1.29, 1.82) is 0 Å². The second-order valence-electron chi connectivity index (χ2n) is 2.34. The summed E-state index contributed by atoms with van der Waals surface area (Å²) in [5.74, 6) is -1.83. The third kappa shape index (κ3) is 2.68. The number of benzene rings is 1. The van der Waals surface area contributed by atoms with Crippen LogP contribution in [0.4, 0.5) is 4.39 Å². The Morgan fingerprint density at radius 1 is 1.46 bits per heavy atom. The van der Waals surface area contributed by atoms with E-state index < -0.39 is 17.8 Å². The van der Waals surface area contributed by atoms with Gasteiger partial charge in [0.15, 0.2) is 0 Å². The van der Waals surface area contributed by atoms with Crippen LogP contribution in [0, 0.1) is 5.82 Å². The maximum absolute atomic E-state index is 12.9. The van der Waals surface area contributed by atoms with Crippen molar-refractivity contribution >= 4 is 18.4 Å². The summed E-state index contributed by atoms with van der Waals surface area (Å²) in [6.45, 7) is 0. The number of hydrogen-bond acceptors (Lipinski definition) is 2. The largest absolute Gasteiger partial charge is 0.480 e. The fourth-order valence-electron chi connectivity index (χ4n) is 0.860. The lowest BCUT2D eigenvalue weighted by atomic mass is 10.1. The van der Waals surface area contributed by atoms with Gasteiger partial charge in [-0.25, -0.2) is 4.39 Å². The standard InChI is InChI=1S/C8H8FNO2.ClH/c9-6-4-2-1-3-5(6)7(10)8(11)12;/h1-4,7H,10H2,(H,11,12);1H/t7-;/m0./s1. The topological polar surface area (TPSA) is 63.3 Å². The molecule has 0 fully saturated rings. The maximum Gasteiger partial charge on any atom is 0.325 e. The molecule has 3 nitrogen and oxygen atoms in total. The normalized spacial score (nSPS) is 11.5. The van der Waals surface area contributed by atoms with Crippen molar-refractivity contribution in [2.75, 3.05) is 0 Å². The van der Waals surface area contributed by atoms with Crippen LogP contribution in [0.2, 0.25) is 0 Å². The van der Waals surface area contributed by atoms with E-state index in [2.05, 4.69) is 0 Å². The summed E-state index contributed by atoms with van der Waals surface area (Å²) in [5.41, 5.74) is 5.20. The van der Waals surface area contributed by atoms with E-state index in [1.165, 1.54) is 18.2 Å². The van der Waals surface area contributed by atoms with Gasteiger partial charge in [-0.15, -0.1) is 12.4 Å². The monoisotopic (exact) mass is 205 g/mol. The number of carbonyl (C=O) groups is 1. The van der Waals surface area contributed by atoms with Crippen LogP contribution in [0.1, 0.15) is 11.6 Å². The molecule has 0 saturated carbocycles. The molecule has 0 radical (unpaired) electrons. The molecule has 0 heterocycles. The second kappa shape index (κ2) is 4.79. The van der Waals surface area contributed by atoms with Gasteiger partial charge in [0.25, 0.3) is 0 Å². The predicted molar refractivity (Wildman–Crippen MR) is 48.2 cm³/mol. The molecule has 0 aliphatic rings. The highest BCUT2D eigenvalue weighted by Crippen LogP contribution is 2.13. The molecule has 0 aliphatic carbocycles. The third-order valence-corrected chi connectivity index (χ3v) is 1.51. The van der Waals surface area contributed by atoms with E-state index in [4.69, 9.17) is 10.8 Å². The zero-order valence-electron chi connectivity index (χ0n) is 6.61. The van der Waals surface area contributed by atoms with Crippen LogP contribution < -0.4 is 5.73 Å². The van der Waals surface area contributed by atoms with Crippen molar-refractivity contribution < 1.29 is 14.3 Å². The van der Waals surface area contributed by atoms with E-state index in [1.807, 2.05) is 0 Å². The first kappa shape index (κ1) is 11.9. The molecule has 5 heteroatoms. The zero-order valence-corrected chi connectivity index (χ0v) is 7.42. The van der Waals surface area contributed by atoms with Gasteiger partial charge in [-0.05, 0) is 6.07 Å². The van der Waals surface area contributed by atoms with Gasteiger partial charge in [-0.1, -0.05) is 18.2 Å². The molecule has 0 bridgehead atoms. The van der Waals surface area contributed by atoms with Gasteiger partial charge in [0.1, 0.15) is 11.9 Å². The molecule has 0 aliphatic heterocycles. The zero-order chi connectivity index (χ0) is 9.14. The van der Waals surface area contributed by atoms with Gasteiger partial charge in [-0.2, -0.15) is 0 Å². The Balaban J connectivity index is 0.00000144. The Kier molecular flexibility index (Phi) is 4.37. The van der Waals surface area contributed by atoms with Gasteiger partial charge in [0, 0.05) is 5.56 Å². The van der Waals surface area contributed by atoms with Gasteiger partial charge < -0.3 is 10.8 Å².